The van der Waals surface area contributed by atoms with E-state index in [9.17, 15) is 14.3 Å². The molecule has 0 spiro atoms. The van der Waals surface area contributed by atoms with E-state index in [1.54, 1.807) is 24.6 Å². The maximum atomic E-state index is 10.3. The van der Waals surface area contributed by atoms with E-state index in [0.717, 1.165) is 0 Å². The van der Waals surface area contributed by atoms with Gasteiger partial charge in [-0.2, -0.15) is 0 Å². The van der Waals surface area contributed by atoms with Crippen LogP contribution in [0.2, 0.25) is 0 Å². The fourth-order valence-corrected chi connectivity index (χ4v) is 0.823. The Kier molecular flexibility index (Phi) is 6.48. The molecule has 0 aromatic heterocycles. The number of hydrogen-bond acceptors (Lipinski definition) is 4. The minimum Gasteiger partial charge on any atom is -0.391 e. The third kappa shape index (κ3) is 5.92. The maximum Gasteiger partial charge on any atom is 0.274 e. The molecule has 0 saturated carbocycles. The first-order valence-corrected chi connectivity index (χ1v) is 6.04. The molecule has 0 bridgehead atoms. The zero-order valence-electron chi connectivity index (χ0n) is 8.54. The van der Waals surface area contributed by atoms with Crippen molar-refractivity contribution in [1.29, 1.82) is 0 Å². The highest BCUT2D eigenvalue weighted by molar-refractivity contribution is 7.83. The lowest BCUT2D eigenvalue weighted by molar-refractivity contribution is -0.385. The molecule has 0 heterocycles. The maximum absolute atomic E-state index is 10.3. The monoisotopic (exact) mass is 231 g/mol. The molecule has 1 aromatic carbocycles. The molecule has 0 aliphatic heterocycles. The van der Waals surface area contributed by atoms with Crippen LogP contribution >= 0.6 is 0 Å². The minimum atomic E-state index is -0.611. The summed E-state index contributed by atoms with van der Waals surface area (Å²) < 4.78 is 9.56. The van der Waals surface area contributed by atoms with E-state index in [0.29, 0.717) is 5.56 Å². The molecular formula is C9H13NO4S. The van der Waals surface area contributed by atoms with Crippen LogP contribution < -0.4 is 0 Å². The molecule has 84 valence electrons. The van der Waals surface area contributed by atoms with Crippen LogP contribution in [0, 0.1) is 10.1 Å². The Morgan fingerprint density at radius 3 is 2.20 bits per heavy atom. The summed E-state index contributed by atoms with van der Waals surface area (Å²) in [6.07, 6.45) is 3.28. The van der Waals surface area contributed by atoms with Crippen molar-refractivity contribution in [2.45, 2.75) is 6.61 Å². The number of aliphatic hydroxyl groups excluding tert-OH is 1. The Morgan fingerprint density at radius 2 is 1.87 bits per heavy atom. The third-order valence-corrected chi connectivity index (χ3v) is 1.36. The predicted molar refractivity (Wildman–Crippen MR) is 59.0 cm³/mol. The summed E-state index contributed by atoms with van der Waals surface area (Å²) in [5, 5.41) is 18.9. The topological polar surface area (TPSA) is 80.4 Å². The summed E-state index contributed by atoms with van der Waals surface area (Å²) >= 11 is 0. The first kappa shape index (κ1) is 13.7. The minimum absolute atomic E-state index is 0.0324. The second-order valence-electron chi connectivity index (χ2n) is 2.79. The van der Waals surface area contributed by atoms with Gasteiger partial charge in [0.1, 0.15) is 0 Å². The summed E-state index contributed by atoms with van der Waals surface area (Å²) in [5.41, 5.74) is 0.313. The zero-order valence-corrected chi connectivity index (χ0v) is 9.36. The van der Waals surface area contributed by atoms with Crippen LogP contribution in [0.5, 0.6) is 0 Å². The van der Waals surface area contributed by atoms with Gasteiger partial charge in [-0.1, -0.05) is 12.1 Å². The van der Waals surface area contributed by atoms with Gasteiger partial charge in [-0.25, -0.2) is 0 Å². The molecule has 0 aliphatic rings. The molecular weight excluding hydrogens is 218 g/mol. The predicted octanol–water partition coefficient (Wildman–Crippen LogP) is 1.08. The van der Waals surface area contributed by atoms with Crippen molar-refractivity contribution in [2.75, 3.05) is 12.5 Å². The molecule has 5 nitrogen and oxygen atoms in total. The van der Waals surface area contributed by atoms with Crippen LogP contribution in [0.4, 0.5) is 5.69 Å². The fourth-order valence-electron chi connectivity index (χ4n) is 0.823. The van der Waals surface area contributed by atoms with Gasteiger partial charge in [-0.15, -0.1) is 0 Å². The molecule has 0 amide bonds. The van der Waals surface area contributed by atoms with Crippen molar-refractivity contribution in [3.8, 4) is 0 Å². The molecule has 0 atom stereocenters. The molecule has 15 heavy (non-hydrogen) atoms. The Bertz CT molecular complexity index is 350. The van der Waals surface area contributed by atoms with Gasteiger partial charge in [0.2, 0.25) is 0 Å². The van der Waals surface area contributed by atoms with E-state index >= 15 is 0 Å². The SMILES string of the molecule is CS(C)=O.O=[N+]([O-])c1ccccc1CO. The summed E-state index contributed by atoms with van der Waals surface area (Å²) in [5.74, 6) is 0. The van der Waals surface area contributed by atoms with Gasteiger partial charge in [-0.05, 0) is 6.07 Å². The fraction of sp³-hybridized carbons (Fsp3) is 0.333. The van der Waals surface area contributed by atoms with Gasteiger partial charge in [0.05, 0.1) is 17.1 Å². The van der Waals surface area contributed by atoms with Crippen molar-refractivity contribution in [3.63, 3.8) is 0 Å². The van der Waals surface area contributed by atoms with Crippen LogP contribution in [-0.4, -0.2) is 26.8 Å². The smallest absolute Gasteiger partial charge is 0.274 e. The zero-order chi connectivity index (χ0) is 11.8. The van der Waals surface area contributed by atoms with Gasteiger partial charge in [0.15, 0.2) is 0 Å². The molecule has 0 fully saturated rings. The number of nitro benzene ring substituents is 1. The summed E-state index contributed by atoms with van der Waals surface area (Å²) in [7, 11) is -0.611. The number of para-hydroxylation sites is 1. The van der Waals surface area contributed by atoms with Crippen LogP contribution in [0.1, 0.15) is 5.56 Å². The quantitative estimate of drug-likeness (QED) is 0.610. The van der Waals surface area contributed by atoms with Crippen LogP contribution in [0.25, 0.3) is 0 Å². The number of benzene rings is 1. The van der Waals surface area contributed by atoms with Crippen LogP contribution in [0.15, 0.2) is 24.3 Å². The highest BCUT2D eigenvalue weighted by Gasteiger charge is 2.09. The number of nitro groups is 1. The number of hydrogen-bond donors (Lipinski definition) is 1. The standard InChI is InChI=1S/C7H7NO3.C2H6OS/c9-5-6-3-1-2-4-7(6)8(10)11;1-4(2)3/h1-4,9H,5H2;1-2H3. The lowest BCUT2D eigenvalue weighted by atomic mass is 10.2. The molecule has 6 heteroatoms. The number of rotatable bonds is 2. The Hall–Kier alpha value is -1.27. The summed E-state index contributed by atoms with van der Waals surface area (Å²) in [6, 6.07) is 6.11. The third-order valence-electron chi connectivity index (χ3n) is 1.36. The van der Waals surface area contributed by atoms with Gasteiger partial charge >= 0.3 is 0 Å². The number of nitrogens with zero attached hydrogens (tertiary/aromatic N) is 1. The molecule has 0 unspecified atom stereocenters. The molecule has 0 radical (unpaired) electrons. The van der Waals surface area contributed by atoms with Crippen molar-refractivity contribution < 1.29 is 14.2 Å². The Morgan fingerprint density at radius 1 is 1.40 bits per heavy atom. The second-order valence-corrected chi connectivity index (χ2v) is 4.27. The van der Waals surface area contributed by atoms with Gasteiger partial charge in [-0.3, -0.25) is 14.3 Å². The van der Waals surface area contributed by atoms with Crippen LogP contribution in [0.3, 0.4) is 0 Å². The molecule has 0 saturated heterocycles. The molecule has 1 N–H and O–H groups in total. The van der Waals surface area contributed by atoms with Crippen molar-refractivity contribution >= 4 is 16.5 Å². The van der Waals surface area contributed by atoms with E-state index in [1.807, 2.05) is 0 Å². The summed E-state index contributed by atoms with van der Waals surface area (Å²) in [6.45, 7) is -0.294. The normalized spacial score (nSPS) is 9.33. The largest absolute Gasteiger partial charge is 0.391 e. The molecule has 1 aromatic rings. The highest BCUT2D eigenvalue weighted by Crippen LogP contribution is 2.16. The van der Waals surface area contributed by atoms with Crippen molar-refractivity contribution in [3.05, 3.63) is 39.9 Å². The van der Waals surface area contributed by atoms with E-state index in [4.69, 9.17) is 5.11 Å². The molecule has 1 rings (SSSR count). The first-order valence-electron chi connectivity index (χ1n) is 4.07. The van der Waals surface area contributed by atoms with E-state index in [1.165, 1.54) is 12.1 Å². The van der Waals surface area contributed by atoms with Gasteiger partial charge < -0.3 is 5.11 Å². The number of aliphatic hydroxyl groups is 1. The summed E-state index contributed by atoms with van der Waals surface area (Å²) in [4.78, 5) is 9.77. The van der Waals surface area contributed by atoms with E-state index in [2.05, 4.69) is 0 Å². The van der Waals surface area contributed by atoms with Crippen molar-refractivity contribution in [2.24, 2.45) is 0 Å². The average Bonchev–Trinajstić information content (AvgIpc) is 2.16. The van der Waals surface area contributed by atoms with Crippen molar-refractivity contribution in [1.82, 2.24) is 0 Å². The lowest BCUT2D eigenvalue weighted by Crippen LogP contribution is -1.93. The van der Waals surface area contributed by atoms with E-state index in [-0.39, 0.29) is 12.3 Å². The second kappa shape index (κ2) is 7.08. The van der Waals surface area contributed by atoms with E-state index < -0.39 is 15.7 Å². The average molecular weight is 231 g/mol. The first-order chi connectivity index (χ1) is 6.99. The lowest BCUT2D eigenvalue weighted by Gasteiger charge is -1.96. The molecule has 0 aliphatic carbocycles. The van der Waals surface area contributed by atoms with Gasteiger partial charge in [0, 0.05) is 29.4 Å². The van der Waals surface area contributed by atoms with Gasteiger partial charge in [0.25, 0.3) is 5.69 Å². The Balaban J connectivity index is 0.000000423. The van der Waals surface area contributed by atoms with Crippen LogP contribution in [-0.2, 0) is 17.4 Å². The highest BCUT2D eigenvalue weighted by atomic mass is 32.2. The Labute approximate surface area is 90.4 Å².